The normalized spacial score (nSPS) is 25.2. The van der Waals surface area contributed by atoms with Crippen LogP contribution in [-0.2, 0) is 39.8 Å². The first kappa shape index (κ1) is 44.2. The van der Waals surface area contributed by atoms with E-state index in [9.17, 15) is 24.9 Å². The number of benzene rings is 2. The van der Waals surface area contributed by atoms with Gasteiger partial charge in [-0.05, 0) is 62.2 Å². The number of hydrogen-bond donors (Lipinski definition) is 4. The molecule has 3 aliphatic rings. The second-order valence-corrected chi connectivity index (χ2v) is 14.3. The van der Waals surface area contributed by atoms with Gasteiger partial charge >= 0.3 is 12.1 Å². The van der Waals surface area contributed by atoms with Gasteiger partial charge in [0.2, 0.25) is 0 Å². The molecule has 2 bridgehead atoms. The zero-order valence-electron chi connectivity index (χ0n) is 32.1. The Balaban J connectivity index is 1.87. The molecule has 16 heteroatoms. The first-order valence-electron chi connectivity index (χ1n) is 17.5. The third-order valence-electron chi connectivity index (χ3n) is 8.57. The van der Waals surface area contributed by atoms with Crippen molar-refractivity contribution in [1.82, 2.24) is 5.32 Å². The molecule has 6 atom stereocenters. The SMILES string of the molecule is C#C[C@H]1Oc2c(Cl)cc(cc2OCOC)[C@@H](NC(=O)OC(C)(C)C)CC(=O)OC[C@H](OCc2ccc(OC)cc2)[C@](O)(CO)C#CC2=C[C@@H](OCOC)C[C@@]21O. The highest BCUT2D eigenvalue weighted by molar-refractivity contribution is 6.32. The maximum absolute atomic E-state index is 13.6. The fourth-order valence-corrected chi connectivity index (χ4v) is 5.99. The van der Waals surface area contributed by atoms with Gasteiger partial charge in [-0.25, -0.2) is 4.79 Å². The van der Waals surface area contributed by atoms with Crippen molar-refractivity contribution >= 4 is 23.7 Å². The summed E-state index contributed by atoms with van der Waals surface area (Å²) in [5, 5.41) is 37.4. The molecule has 4 N–H and O–H groups in total. The minimum atomic E-state index is -2.38. The number of esters is 1. The van der Waals surface area contributed by atoms with Crippen molar-refractivity contribution < 1.29 is 67.5 Å². The molecule has 0 saturated heterocycles. The summed E-state index contributed by atoms with van der Waals surface area (Å²) in [5.74, 6) is 7.45. The topological polar surface area (TPSA) is 190 Å². The molecule has 2 aliphatic heterocycles. The molecule has 15 nitrogen and oxygen atoms in total. The van der Waals surface area contributed by atoms with Gasteiger partial charge in [-0.3, -0.25) is 4.79 Å². The number of alkyl carbamates (subject to hydrolysis) is 1. The Labute approximate surface area is 331 Å². The molecule has 0 aromatic heterocycles. The van der Waals surface area contributed by atoms with Crippen LogP contribution in [0.5, 0.6) is 17.2 Å². The third-order valence-corrected chi connectivity index (χ3v) is 8.85. The van der Waals surface area contributed by atoms with E-state index in [1.165, 1.54) is 39.5 Å². The predicted octanol–water partition coefficient (Wildman–Crippen LogP) is 3.59. The van der Waals surface area contributed by atoms with E-state index in [0.29, 0.717) is 11.3 Å². The van der Waals surface area contributed by atoms with Crippen LogP contribution in [-0.4, -0.2) is 111 Å². The number of aliphatic hydroxyl groups is 3. The third kappa shape index (κ3) is 11.5. The van der Waals surface area contributed by atoms with Gasteiger partial charge in [0, 0.05) is 26.2 Å². The molecule has 304 valence electrons. The lowest BCUT2D eigenvalue weighted by atomic mass is 9.88. The largest absolute Gasteiger partial charge is 0.497 e. The number of rotatable bonds is 12. The van der Waals surface area contributed by atoms with Crippen LogP contribution in [0.4, 0.5) is 4.79 Å². The zero-order chi connectivity index (χ0) is 41.1. The summed E-state index contributed by atoms with van der Waals surface area (Å²) in [7, 11) is 4.34. The van der Waals surface area contributed by atoms with Crippen LogP contribution in [0, 0.1) is 24.2 Å². The fourth-order valence-electron chi connectivity index (χ4n) is 5.72. The van der Waals surface area contributed by atoms with Gasteiger partial charge in [-0.1, -0.05) is 41.5 Å². The van der Waals surface area contributed by atoms with E-state index in [-0.39, 0.29) is 54.3 Å². The van der Waals surface area contributed by atoms with Crippen LogP contribution in [0.15, 0.2) is 48.0 Å². The number of fused-ring (bicyclic) bond motifs is 10. The van der Waals surface area contributed by atoms with Crippen molar-refractivity contribution in [3.05, 3.63) is 64.2 Å². The Kier molecular flexibility index (Phi) is 15.4. The molecule has 2 aromatic rings. The van der Waals surface area contributed by atoms with E-state index in [1.54, 1.807) is 45.0 Å². The summed E-state index contributed by atoms with van der Waals surface area (Å²) < 4.78 is 50.3. The number of nitrogens with one attached hydrogen (secondary N) is 1. The molecule has 0 spiro atoms. The Morgan fingerprint density at radius 1 is 1.11 bits per heavy atom. The van der Waals surface area contributed by atoms with Crippen LogP contribution in [0.25, 0.3) is 0 Å². The van der Waals surface area contributed by atoms with Gasteiger partial charge in [0.05, 0.1) is 43.9 Å². The van der Waals surface area contributed by atoms with E-state index in [2.05, 4.69) is 23.1 Å². The number of amides is 1. The van der Waals surface area contributed by atoms with Gasteiger partial charge in [-0.15, -0.1) is 6.42 Å². The Morgan fingerprint density at radius 2 is 1.82 bits per heavy atom. The quantitative estimate of drug-likeness (QED) is 0.138. The van der Waals surface area contributed by atoms with Gasteiger partial charge in [0.15, 0.2) is 30.0 Å². The number of carbonyl (C=O) groups is 2. The molecule has 5 rings (SSSR count). The lowest BCUT2D eigenvalue weighted by molar-refractivity contribution is -0.161. The van der Waals surface area contributed by atoms with Gasteiger partial charge in [0.1, 0.15) is 36.5 Å². The van der Waals surface area contributed by atoms with Crippen LogP contribution in [0.3, 0.4) is 0 Å². The maximum Gasteiger partial charge on any atom is 0.408 e. The standard InChI is InChI=1S/C40H48ClNO14/c1-8-33-40(47)19-29(53-23-48-5)17-27(40)13-14-39(46,22-43)34(51-20-25-9-11-28(50-7)12-10-25)21-52-35(44)18-31(42-37(45)56-38(2,3)4)26-15-30(41)36(55-33)32(16-26)54-24-49-6/h1,9-12,15-17,29,31,33-34,43,46-47H,18-24H2,2-7H3,(H,42,45)/t29-,31+,33-,34+,39-,40-/m1/s1. The van der Waals surface area contributed by atoms with Gasteiger partial charge in [-0.2, -0.15) is 0 Å². The fraction of sp³-hybridized carbons (Fsp3) is 0.500. The molecular weight excluding hydrogens is 754 g/mol. The van der Waals surface area contributed by atoms with Crippen molar-refractivity contribution in [2.75, 3.05) is 48.1 Å². The summed E-state index contributed by atoms with van der Waals surface area (Å²) in [6, 6.07) is 8.61. The smallest absolute Gasteiger partial charge is 0.408 e. The van der Waals surface area contributed by atoms with Crippen LogP contribution >= 0.6 is 11.6 Å². The molecule has 0 unspecified atom stereocenters. The summed E-state index contributed by atoms with van der Waals surface area (Å²) in [6.45, 7) is 2.88. The highest BCUT2D eigenvalue weighted by atomic mass is 35.5. The highest BCUT2D eigenvalue weighted by Crippen LogP contribution is 2.43. The van der Waals surface area contributed by atoms with Gasteiger partial charge < -0.3 is 63.3 Å². The van der Waals surface area contributed by atoms with Crippen LogP contribution < -0.4 is 19.5 Å². The molecule has 1 amide bonds. The van der Waals surface area contributed by atoms with Crippen LogP contribution in [0.2, 0.25) is 5.02 Å². The van der Waals surface area contributed by atoms with Crippen molar-refractivity contribution in [2.45, 2.75) is 81.4 Å². The first-order valence-corrected chi connectivity index (χ1v) is 17.8. The molecule has 0 fully saturated rings. The minimum absolute atomic E-state index is 0.0182. The lowest BCUT2D eigenvalue weighted by Gasteiger charge is -2.32. The molecule has 0 saturated carbocycles. The second kappa shape index (κ2) is 19.5. The van der Waals surface area contributed by atoms with E-state index >= 15 is 0 Å². The van der Waals surface area contributed by atoms with Gasteiger partial charge in [0.25, 0.3) is 0 Å². The van der Waals surface area contributed by atoms with Crippen molar-refractivity contribution in [3.63, 3.8) is 0 Å². The number of carbonyl (C=O) groups excluding carboxylic acids is 2. The van der Waals surface area contributed by atoms with E-state index in [0.717, 1.165) is 0 Å². The predicted molar refractivity (Wildman–Crippen MR) is 201 cm³/mol. The zero-order valence-corrected chi connectivity index (χ0v) is 32.8. The maximum atomic E-state index is 13.6. The average Bonchev–Trinajstić information content (AvgIpc) is 3.48. The van der Waals surface area contributed by atoms with Crippen LogP contribution in [0.1, 0.15) is 50.8 Å². The van der Waals surface area contributed by atoms with E-state index in [1.807, 2.05) is 0 Å². The highest BCUT2D eigenvalue weighted by Gasteiger charge is 2.48. The Morgan fingerprint density at radius 3 is 2.45 bits per heavy atom. The lowest BCUT2D eigenvalue weighted by Crippen LogP contribution is -2.49. The molecule has 2 heterocycles. The number of methoxy groups -OCH3 is 3. The van der Waals surface area contributed by atoms with E-state index in [4.69, 9.17) is 60.7 Å². The summed E-state index contributed by atoms with van der Waals surface area (Å²) in [4.78, 5) is 26.6. The number of aliphatic hydroxyl groups excluding tert-OH is 1. The summed E-state index contributed by atoms with van der Waals surface area (Å²) in [5.41, 5.74) is -4.46. The molecule has 56 heavy (non-hydrogen) atoms. The first-order chi connectivity index (χ1) is 26.6. The van der Waals surface area contributed by atoms with Crippen molar-refractivity contribution in [3.8, 4) is 41.4 Å². The number of halogens is 1. The number of ether oxygens (including phenoxy) is 9. The van der Waals surface area contributed by atoms with Crippen molar-refractivity contribution in [1.29, 1.82) is 0 Å². The minimum Gasteiger partial charge on any atom is -0.497 e. The second-order valence-electron chi connectivity index (χ2n) is 13.9. The summed E-state index contributed by atoms with van der Waals surface area (Å²) in [6.07, 6.45) is 2.22. The molecule has 0 radical (unpaired) electrons. The molecular formula is C40H48ClNO14. The van der Waals surface area contributed by atoms with Crippen molar-refractivity contribution in [2.24, 2.45) is 0 Å². The average molecular weight is 802 g/mol. The summed E-state index contributed by atoms with van der Waals surface area (Å²) >= 11 is 6.81. The molecule has 1 aliphatic carbocycles. The monoisotopic (exact) mass is 801 g/mol. The Bertz CT molecular complexity index is 1810. The molecule has 2 aromatic carbocycles. The number of terminal acetylenes is 1. The Hall–Kier alpha value is -4.55. The van der Waals surface area contributed by atoms with E-state index < -0.39 is 72.9 Å². The number of hydrogen-bond acceptors (Lipinski definition) is 14.